The number of non-ortho nitro benzene ring substituents is 1. The van der Waals surface area contributed by atoms with Crippen LogP contribution >= 0.6 is 0 Å². The van der Waals surface area contributed by atoms with Crippen molar-refractivity contribution in [2.45, 2.75) is 6.92 Å². The lowest BCUT2D eigenvalue weighted by atomic mass is 10.1. The molecule has 0 atom stereocenters. The number of para-hydroxylation sites is 1. The number of ether oxygens (including phenoxy) is 2. The molecule has 3 rings (SSSR count). The second-order valence-corrected chi connectivity index (χ2v) is 5.68. The van der Waals surface area contributed by atoms with Gasteiger partial charge in [0.05, 0.1) is 30.5 Å². The van der Waals surface area contributed by atoms with Crippen LogP contribution in [0.5, 0.6) is 5.75 Å². The number of carbonyl (C=O) groups is 1. The summed E-state index contributed by atoms with van der Waals surface area (Å²) in [6.07, 6.45) is 1.47. The van der Waals surface area contributed by atoms with Gasteiger partial charge in [-0.2, -0.15) is 0 Å². The van der Waals surface area contributed by atoms with Gasteiger partial charge in [0.1, 0.15) is 11.4 Å². The van der Waals surface area contributed by atoms with Crippen LogP contribution in [0.15, 0.2) is 54.7 Å². The number of carbonyl (C=O) groups excluding carboxylic acids is 1. The third-order valence-corrected chi connectivity index (χ3v) is 3.98. The van der Waals surface area contributed by atoms with Crippen LogP contribution in [0, 0.1) is 10.1 Å². The Morgan fingerprint density at radius 1 is 1.14 bits per heavy atom. The van der Waals surface area contributed by atoms with E-state index in [2.05, 4.69) is 9.97 Å². The highest BCUT2D eigenvalue weighted by molar-refractivity contribution is 5.94. The maximum atomic E-state index is 12.3. The zero-order chi connectivity index (χ0) is 20.1. The van der Waals surface area contributed by atoms with Gasteiger partial charge in [0.25, 0.3) is 5.69 Å². The van der Waals surface area contributed by atoms with Crippen LogP contribution < -0.4 is 4.74 Å². The summed E-state index contributed by atoms with van der Waals surface area (Å²) in [5, 5.41) is 10.9. The first-order valence-electron chi connectivity index (χ1n) is 8.47. The molecule has 1 heterocycles. The first-order chi connectivity index (χ1) is 13.5. The van der Waals surface area contributed by atoms with Crippen molar-refractivity contribution in [3.63, 3.8) is 0 Å². The van der Waals surface area contributed by atoms with Crippen LogP contribution in [-0.4, -0.2) is 34.6 Å². The van der Waals surface area contributed by atoms with Crippen LogP contribution in [0.2, 0.25) is 0 Å². The van der Waals surface area contributed by atoms with Crippen molar-refractivity contribution in [1.29, 1.82) is 0 Å². The van der Waals surface area contributed by atoms with E-state index in [0.29, 0.717) is 22.6 Å². The summed E-state index contributed by atoms with van der Waals surface area (Å²) in [5.74, 6) is -0.00902. The van der Waals surface area contributed by atoms with Gasteiger partial charge >= 0.3 is 5.97 Å². The number of esters is 1. The Balaban J connectivity index is 2.16. The SMILES string of the molecule is CCOC(=O)c1ncc(-c2ccccc2OC)nc1-c1ccc([N+](=O)[O-])cc1. The van der Waals surface area contributed by atoms with E-state index in [1.165, 1.54) is 30.5 Å². The lowest BCUT2D eigenvalue weighted by molar-refractivity contribution is -0.384. The zero-order valence-corrected chi connectivity index (χ0v) is 15.3. The predicted octanol–water partition coefficient (Wildman–Crippen LogP) is 3.90. The van der Waals surface area contributed by atoms with Crippen LogP contribution in [0.1, 0.15) is 17.4 Å². The molecule has 2 aromatic carbocycles. The minimum atomic E-state index is -0.616. The summed E-state index contributed by atoms with van der Waals surface area (Å²) in [4.78, 5) is 31.6. The zero-order valence-electron chi connectivity index (χ0n) is 15.3. The van der Waals surface area contributed by atoms with Gasteiger partial charge in [0, 0.05) is 23.3 Å². The molecule has 0 aliphatic rings. The summed E-state index contributed by atoms with van der Waals surface area (Å²) in [5.41, 5.74) is 1.97. The van der Waals surface area contributed by atoms with Crippen molar-refractivity contribution in [1.82, 2.24) is 9.97 Å². The monoisotopic (exact) mass is 379 g/mol. The van der Waals surface area contributed by atoms with Crippen molar-refractivity contribution >= 4 is 11.7 Å². The molecule has 1 aromatic heterocycles. The van der Waals surface area contributed by atoms with Gasteiger partial charge in [0.15, 0.2) is 5.69 Å². The minimum Gasteiger partial charge on any atom is -0.496 e. The highest BCUT2D eigenvalue weighted by atomic mass is 16.6. The molecule has 8 heteroatoms. The number of nitrogens with zero attached hydrogens (tertiary/aromatic N) is 3. The van der Waals surface area contributed by atoms with Crippen molar-refractivity contribution in [3.8, 4) is 28.3 Å². The molecule has 3 aromatic rings. The number of methoxy groups -OCH3 is 1. The van der Waals surface area contributed by atoms with E-state index in [1.807, 2.05) is 18.2 Å². The van der Waals surface area contributed by atoms with Crippen molar-refractivity contribution in [2.24, 2.45) is 0 Å². The second kappa shape index (κ2) is 8.26. The molecule has 0 unspecified atom stereocenters. The van der Waals surface area contributed by atoms with Gasteiger partial charge in [-0.25, -0.2) is 14.8 Å². The van der Waals surface area contributed by atoms with Gasteiger partial charge in [0.2, 0.25) is 0 Å². The van der Waals surface area contributed by atoms with Gasteiger partial charge in [-0.3, -0.25) is 10.1 Å². The Labute approximate surface area is 160 Å². The van der Waals surface area contributed by atoms with Crippen LogP contribution in [-0.2, 0) is 4.74 Å². The highest BCUT2D eigenvalue weighted by Crippen LogP contribution is 2.31. The second-order valence-electron chi connectivity index (χ2n) is 5.68. The van der Waals surface area contributed by atoms with Gasteiger partial charge in [-0.1, -0.05) is 12.1 Å². The molecule has 0 N–H and O–H groups in total. The summed E-state index contributed by atoms with van der Waals surface area (Å²) in [7, 11) is 1.55. The average Bonchev–Trinajstić information content (AvgIpc) is 2.73. The van der Waals surface area contributed by atoms with Crippen LogP contribution in [0.25, 0.3) is 22.5 Å². The maximum Gasteiger partial charge on any atom is 0.359 e. The Hall–Kier alpha value is -3.81. The molecule has 0 aliphatic carbocycles. The molecule has 0 aliphatic heterocycles. The summed E-state index contributed by atoms with van der Waals surface area (Å²) in [6, 6.07) is 13.0. The minimum absolute atomic E-state index is 0.0364. The molecule has 0 saturated heterocycles. The van der Waals surface area contributed by atoms with E-state index < -0.39 is 10.9 Å². The molecule has 28 heavy (non-hydrogen) atoms. The smallest absolute Gasteiger partial charge is 0.359 e. The van der Waals surface area contributed by atoms with E-state index in [4.69, 9.17) is 9.47 Å². The molecule has 142 valence electrons. The number of benzene rings is 2. The normalized spacial score (nSPS) is 10.4. The number of rotatable bonds is 6. The fraction of sp³-hybridized carbons (Fsp3) is 0.150. The first-order valence-corrected chi connectivity index (χ1v) is 8.47. The Bertz CT molecular complexity index is 1020. The van der Waals surface area contributed by atoms with Crippen molar-refractivity contribution in [3.05, 3.63) is 70.5 Å². The van der Waals surface area contributed by atoms with Crippen molar-refractivity contribution < 1.29 is 19.2 Å². The number of hydrogen-bond donors (Lipinski definition) is 0. The summed E-state index contributed by atoms with van der Waals surface area (Å²) >= 11 is 0. The summed E-state index contributed by atoms with van der Waals surface area (Å²) < 4.78 is 10.4. The van der Waals surface area contributed by atoms with E-state index >= 15 is 0 Å². The average molecular weight is 379 g/mol. The molecule has 8 nitrogen and oxygen atoms in total. The van der Waals surface area contributed by atoms with Gasteiger partial charge in [-0.15, -0.1) is 0 Å². The van der Waals surface area contributed by atoms with Crippen LogP contribution in [0.4, 0.5) is 5.69 Å². The van der Waals surface area contributed by atoms with E-state index in [9.17, 15) is 14.9 Å². The number of aromatic nitrogens is 2. The predicted molar refractivity (Wildman–Crippen MR) is 102 cm³/mol. The van der Waals surface area contributed by atoms with Gasteiger partial charge < -0.3 is 9.47 Å². The third kappa shape index (κ3) is 3.80. The Morgan fingerprint density at radius 3 is 2.50 bits per heavy atom. The van der Waals surface area contributed by atoms with E-state index in [1.54, 1.807) is 20.1 Å². The number of nitro groups is 1. The Kier molecular flexibility index (Phi) is 5.59. The standard InChI is InChI=1S/C20H17N3O5/c1-3-28-20(24)19-18(13-8-10-14(11-9-13)23(25)26)22-16(12-21-19)15-6-4-5-7-17(15)27-2/h4-12H,3H2,1-2H3. The van der Waals surface area contributed by atoms with Crippen LogP contribution in [0.3, 0.4) is 0 Å². The van der Waals surface area contributed by atoms with E-state index in [-0.39, 0.29) is 23.7 Å². The first kappa shape index (κ1) is 19.0. The Morgan fingerprint density at radius 2 is 1.86 bits per heavy atom. The third-order valence-electron chi connectivity index (χ3n) is 3.98. The molecule has 0 bridgehead atoms. The van der Waals surface area contributed by atoms with Crippen molar-refractivity contribution in [2.75, 3.05) is 13.7 Å². The summed E-state index contributed by atoms with van der Waals surface area (Å²) in [6.45, 7) is 1.88. The lowest BCUT2D eigenvalue weighted by Crippen LogP contribution is -2.11. The number of hydrogen-bond acceptors (Lipinski definition) is 7. The fourth-order valence-electron chi connectivity index (χ4n) is 2.67. The fourth-order valence-corrected chi connectivity index (χ4v) is 2.67. The molecule has 0 radical (unpaired) electrons. The number of nitro benzene ring substituents is 1. The largest absolute Gasteiger partial charge is 0.496 e. The van der Waals surface area contributed by atoms with E-state index in [0.717, 1.165) is 0 Å². The molecule has 0 fully saturated rings. The van der Waals surface area contributed by atoms with Gasteiger partial charge in [-0.05, 0) is 31.2 Å². The molecule has 0 spiro atoms. The molecule has 0 amide bonds. The molecule has 0 saturated carbocycles. The lowest BCUT2D eigenvalue weighted by Gasteiger charge is -2.12. The quantitative estimate of drug-likeness (QED) is 0.363. The topological polar surface area (TPSA) is 104 Å². The molecular weight excluding hydrogens is 362 g/mol. The molecular formula is C20H17N3O5. The maximum absolute atomic E-state index is 12.3. The highest BCUT2D eigenvalue weighted by Gasteiger charge is 2.20.